The third-order valence-corrected chi connectivity index (χ3v) is 2.89. The Morgan fingerprint density at radius 1 is 1.10 bits per heavy atom. The van der Waals surface area contributed by atoms with E-state index in [4.69, 9.17) is 0 Å². The van der Waals surface area contributed by atoms with E-state index in [1.165, 1.54) is 12.1 Å². The van der Waals surface area contributed by atoms with Gasteiger partial charge in [-0.2, -0.15) is 11.2 Å². The Labute approximate surface area is 129 Å². The van der Waals surface area contributed by atoms with Gasteiger partial charge in [0.25, 0.3) is 0 Å². The second kappa shape index (κ2) is 6.09. The van der Waals surface area contributed by atoms with Crippen LogP contribution in [-0.4, -0.2) is 9.78 Å². The maximum Gasteiger partial charge on any atom is 1.00 e. The van der Waals surface area contributed by atoms with Crippen molar-refractivity contribution in [1.29, 1.82) is 0 Å². The Morgan fingerprint density at radius 2 is 1.85 bits per heavy atom. The van der Waals surface area contributed by atoms with Crippen LogP contribution in [0.2, 0.25) is 0 Å². The SMILES string of the molecule is Cc1cc(-c2ccccc2)n(-c2[c-]cc(F)cc2)n1.[Li+]. The van der Waals surface area contributed by atoms with Crippen LogP contribution in [0.15, 0.2) is 54.6 Å². The Morgan fingerprint density at radius 3 is 2.50 bits per heavy atom. The molecule has 0 radical (unpaired) electrons. The van der Waals surface area contributed by atoms with Gasteiger partial charge in [-0.05, 0) is 18.7 Å². The summed E-state index contributed by atoms with van der Waals surface area (Å²) in [5.74, 6) is -0.297. The molecule has 3 aromatic rings. The van der Waals surface area contributed by atoms with Crippen molar-refractivity contribution in [1.82, 2.24) is 9.78 Å². The van der Waals surface area contributed by atoms with Gasteiger partial charge in [-0.1, -0.05) is 30.3 Å². The minimum Gasteiger partial charge on any atom is -0.284 e. The van der Waals surface area contributed by atoms with Crippen LogP contribution < -0.4 is 18.9 Å². The molecule has 0 fully saturated rings. The van der Waals surface area contributed by atoms with Gasteiger partial charge < -0.3 is 0 Å². The standard InChI is InChI=1S/C16H12FN2.Li/c1-12-11-16(13-5-3-2-4-6-13)19(18-12)15-9-7-14(17)8-10-15;/h2-9,11H,1H3;/q-1;+1. The normalized spacial score (nSPS) is 10.1. The summed E-state index contributed by atoms with van der Waals surface area (Å²) < 4.78 is 14.8. The largest absolute Gasteiger partial charge is 1.00 e. The van der Waals surface area contributed by atoms with Crippen molar-refractivity contribution < 1.29 is 23.3 Å². The number of hydrogen-bond acceptors (Lipinski definition) is 1. The van der Waals surface area contributed by atoms with Gasteiger partial charge in [-0.25, -0.2) is 0 Å². The summed E-state index contributed by atoms with van der Waals surface area (Å²) in [6.45, 7) is 1.94. The van der Waals surface area contributed by atoms with Gasteiger partial charge in [-0.3, -0.25) is 9.07 Å². The van der Waals surface area contributed by atoms with Crippen LogP contribution in [0.1, 0.15) is 5.69 Å². The number of rotatable bonds is 2. The maximum absolute atomic E-state index is 13.0. The summed E-state index contributed by atoms with van der Waals surface area (Å²) in [7, 11) is 0. The van der Waals surface area contributed by atoms with E-state index in [2.05, 4.69) is 11.2 Å². The first-order chi connectivity index (χ1) is 9.24. The first-order valence-corrected chi connectivity index (χ1v) is 6.04. The van der Waals surface area contributed by atoms with E-state index in [0.717, 1.165) is 22.6 Å². The monoisotopic (exact) mass is 258 g/mol. The summed E-state index contributed by atoms with van der Waals surface area (Å²) in [5.41, 5.74) is 3.69. The molecule has 1 heterocycles. The second-order valence-electron chi connectivity index (χ2n) is 4.34. The molecule has 0 unspecified atom stereocenters. The van der Waals surface area contributed by atoms with Crippen LogP contribution in [0.3, 0.4) is 0 Å². The molecule has 0 spiro atoms. The molecule has 2 aromatic carbocycles. The Kier molecular flexibility index (Phi) is 4.44. The molecule has 0 atom stereocenters. The Hall–Kier alpha value is -1.82. The minimum absolute atomic E-state index is 0. The zero-order chi connectivity index (χ0) is 13.2. The van der Waals surface area contributed by atoms with E-state index in [-0.39, 0.29) is 24.7 Å². The molecule has 0 bridgehead atoms. The average Bonchev–Trinajstić information content (AvgIpc) is 2.83. The predicted molar refractivity (Wildman–Crippen MR) is 72.5 cm³/mol. The number of nitrogens with zero attached hydrogens (tertiary/aromatic N) is 2. The zero-order valence-corrected chi connectivity index (χ0v) is 11.5. The van der Waals surface area contributed by atoms with Crippen LogP contribution in [0.25, 0.3) is 16.9 Å². The van der Waals surface area contributed by atoms with Crippen LogP contribution in [-0.2, 0) is 0 Å². The maximum atomic E-state index is 13.0. The van der Waals surface area contributed by atoms with Crippen molar-refractivity contribution in [2.45, 2.75) is 6.92 Å². The van der Waals surface area contributed by atoms with Crippen LogP contribution >= 0.6 is 0 Å². The van der Waals surface area contributed by atoms with Gasteiger partial charge >= 0.3 is 18.9 Å². The van der Waals surface area contributed by atoms with E-state index in [1.54, 1.807) is 10.7 Å². The topological polar surface area (TPSA) is 17.8 Å². The fourth-order valence-corrected chi connectivity index (χ4v) is 2.03. The summed E-state index contributed by atoms with van der Waals surface area (Å²) >= 11 is 0. The molecule has 1 aromatic heterocycles. The molecule has 3 rings (SSSR count). The molecule has 20 heavy (non-hydrogen) atoms. The van der Waals surface area contributed by atoms with E-state index in [0.29, 0.717) is 0 Å². The molecule has 0 aliphatic rings. The molecule has 0 saturated heterocycles. The molecule has 2 nitrogen and oxygen atoms in total. The molecule has 0 saturated carbocycles. The molecule has 4 heteroatoms. The predicted octanol–water partition coefficient (Wildman–Crippen LogP) is 0.791. The quantitative estimate of drug-likeness (QED) is 0.491. The van der Waals surface area contributed by atoms with Crippen molar-refractivity contribution in [3.63, 3.8) is 0 Å². The molecule has 94 valence electrons. The summed E-state index contributed by atoms with van der Waals surface area (Å²) in [6, 6.07) is 19.3. The third kappa shape index (κ3) is 2.85. The summed E-state index contributed by atoms with van der Waals surface area (Å²) in [5, 5.41) is 4.45. The Bertz CT molecular complexity index is 690. The molecule has 0 aliphatic carbocycles. The fourth-order valence-electron chi connectivity index (χ4n) is 2.03. The van der Waals surface area contributed by atoms with Crippen LogP contribution in [0.4, 0.5) is 4.39 Å². The van der Waals surface area contributed by atoms with Crippen molar-refractivity contribution in [2.24, 2.45) is 0 Å². The molecular weight excluding hydrogens is 246 g/mol. The zero-order valence-electron chi connectivity index (χ0n) is 11.5. The van der Waals surface area contributed by atoms with E-state index in [9.17, 15) is 4.39 Å². The second-order valence-corrected chi connectivity index (χ2v) is 4.34. The third-order valence-electron chi connectivity index (χ3n) is 2.89. The molecule has 0 aliphatic heterocycles. The molecule has 0 N–H and O–H groups in total. The summed E-state index contributed by atoms with van der Waals surface area (Å²) in [6.07, 6.45) is 0. The molecular formula is C16H12FLiN2. The van der Waals surface area contributed by atoms with Gasteiger partial charge in [0, 0.05) is 11.4 Å². The van der Waals surface area contributed by atoms with Gasteiger partial charge in [-0.15, -0.1) is 18.2 Å². The van der Waals surface area contributed by atoms with Crippen molar-refractivity contribution >= 4 is 0 Å². The minimum atomic E-state index is -0.297. The first kappa shape index (κ1) is 14.6. The Balaban J connectivity index is 0.00000147. The van der Waals surface area contributed by atoms with E-state index in [1.807, 2.05) is 43.3 Å². The van der Waals surface area contributed by atoms with E-state index >= 15 is 0 Å². The van der Waals surface area contributed by atoms with Crippen molar-refractivity contribution in [3.8, 4) is 16.9 Å². The van der Waals surface area contributed by atoms with Crippen molar-refractivity contribution in [2.75, 3.05) is 0 Å². The van der Waals surface area contributed by atoms with Gasteiger partial charge in [0.15, 0.2) is 0 Å². The fraction of sp³-hybridized carbons (Fsp3) is 0.0625. The van der Waals surface area contributed by atoms with Gasteiger partial charge in [0.05, 0.1) is 11.4 Å². The number of aromatic nitrogens is 2. The van der Waals surface area contributed by atoms with Gasteiger partial charge in [0.2, 0.25) is 0 Å². The first-order valence-electron chi connectivity index (χ1n) is 6.04. The summed E-state index contributed by atoms with van der Waals surface area (Å²) in [4.78, 5) is 0. The number of hydrogen-bond donors (Lipinski definition) is 0. The average molecular weight is 258 g/mol. The van der Waals surface area contributed by atoms with E-state index < -0.39 is 0 Å². The number of halogens is 1. The number of aryl methyl sites for hydroxylation is 1. The van der Waals surface area contributed by atoms with Crippen LogP contribution in [0, 0.1) is 18.8 Å². The van der Waals surface area contributed by atoms with Crippen molar-refractivity contribution in [3.05, 3.63) is 72.2 Å². The number of benzene rings is 2. The smallest absolute Gasteiger partial charge is 0.284 e. The van der Waals surface area contributed by atoms with Crippen LogP contribution in [0.5, 0.6) is 0 Å². The molecule has 0 amide bonds. The van der Waals surface area contributed by atoms with Gasteiger partial charge in [0.1, 0.15) is 0 Å².